The average Bonchev–Trinajstić information content (AvgIpc) is 3.05. The molecule has 0 amide bonds. The zero-order chi connectivity index (χ0) is 14.1. The van der Waals surface area contributed by atoms with Crippen molar-refractivity contribution in [2.24, 2.45) is 11.7 Å². The number of nitrogens with two attached hydrogens (primary N) is 1. The van der Waals surface area contributed by atoms with E-state index in [1.54, 1.807) is 0 Å². The lowest BCUT2D eigenvalue weighted by atomic mass is 10.0. The summed E-state index contributed by atoms with van der Waals surface area (Å²) in [5.41, 5.74) is 8.04. The highest BCUT2D eigenvalue weighted by Crippen LogP contribution is 2.31. The van der Waals surface area contributed by atoms with Crippen molar-refractivity contribution in [1.29, 1.82) is 0 Å². The zero-order valence-electron chi connectivity index (χ0n) is 12.3. The van der Waals surface area contributed by atoms with E-state index >= 15 is 0 Å². The number of rotatable bonds is 4. The van der Waals surface area contributed by atoms with Gasteiger partial charge in [0.2, 0.25) is 5.95 Å². The highest BCUT2D eigenvalue weighted by Gasteiger charge is 2.32. The Hall–Kier alpha value is -1.62. The van der Waals surface area contributed by atoms with Crippen molar-refractivity contribution in [2.75, 3.05) is 18.0 Å². The van der Waals surface area contributed by atoms with Gasteiger partial charge in [-0.25, -0.2) is 4.52 Å². The van der Waals surface area contributed by atoms with E-state index in [9.17, 15) is 0 Å². The zero-order valence-corrected chi connectivity index (χ0v) is 12.3. The van der Waals surface area contributed by atoms with Crippen molar-refractivity contribution in [3.05, 3.63) is 23.9 Å². The molecule has 20 heavy (non-hydrogen) atoms. The number of pyridine rings is 1. The molecule has 2 aromatic heterocycles. The first-order chi connectivity index (χ1) is 9.72. The van der Waals surface area contributed by atoms with Gasteiger partial charge in [0.1, 0.15) is 0 Å². The van der Waals surface area contributed by atoms with Crippen molar-refractivity contribution >= 4 is 11.6 Å². The van der Waals surface area contributed by atoms with E-state index in [-0.39, 0.29) is 0 Å². The van der Waals surface area contributed by atoms with Gasteiger partial charge in [-0.1, -0.05) is 6.42 Å². The molecule has 3 rings (SSSR count). The minimum atomic E-state index is 0.489. The van der Waals surface area contributed by atoms with Gasteiger partial charge >= 0.3 is 0 Å². The molecule has 1 aliphatic rings. The first-order valence-electron chi connectivity index (χ1n) is 7.52. The molecule has 0 aromatic carbocycles. The molecule has 0 radical (unpaired) electrons. The molecule has 0 spiro atoms. The lowest BCUT2D eigenvalue weighted by Crippen LogP contribution is -2.41. The second-order valence-electron chi connectivity index (χ2n) is 5.70. The second-order valence-corrected chi connectivity index (χ2v) is 5.70. The number of aryl methyl sites for hydroxylation is 1. The molecule has 2 aromatic rings. The van der Waals surface area contributed by atoms with Crippen LogP contribution in [0.5, 0.6) is 0 Å². The van der Waals surface area contributed by atoms with E-state index in [2.05, 4.69) is 36.0 Å². The predicted molar refractivity (Wildman–Crippen MR) is 80.9 cm³/mol. The Morgan fingerprint density at radius 3 is 3.05 bits per heavy atom. The van der Waals surface area contributed by atoms with Crippen LogP contribution in [-0.4, -0.2) is 33.7 Å². The largest absolute Gasteiger partial charge is 0.336 e. The van der Waals surface area contributed by atoms with Crippen LogP contribution in [0.1, 0.15) is 31.7 Å². The van der Waals surface area contributed by atoms with Gasteiger partial charge in [0.05, 0.1) is 0 Å². The fourth-order valence-electron chi connectivity index (χ4n) is 3.32. The minimum absolute atomic E-state index is 0.489. The summed E-state index contributed by atoms with van der Waals surface area (Å²) in [4.78, 5) is 7.02. The molecule has 108 valence electrons. The van der Waals surface area contributed by atoms with E-state index in [0.29, 0.717) is 12.0 Å². The van der Waals surface area contributed by atoms with Crippen LogP contribution in [0.4, 0.5) is 5.95 Å². The van der Waals surface area contributed by atoms with Crippen molar-refractivity contribution in [3.8, 4) is 0 Å². The Kier molecular flexibility index (Phi) is 3.61. The van der Waals surface area contributed by atoms with Crippen molar-refractivity contribution in [3.63, 3.8) is 0 Å². The fraction of sp³-hybridized carbons (Fsp3) is 0.600. The van der Waals surface area contributed by atoms with E-state index in [0.717, 1.165) is 24.7 Å². The van der Waals surface area contributed by atoms with Crippen molar-refractivity contribution < 1.29 is 0 Å². The number of aromatic nitrogens is 3. The molecule has 2 unspecified atom stereocenters. The summed E-state index contributed by atoms with van der Waals surface area (Å²) in [6, 6.07) is 4.61. The maximum Gasteiger partial charge on any atom is 0.245 e. The molecule has 5 nitrogen and oxygen atoms in total. The van der Waals surface area contributed by atoms with Crippen LogP contribution in [0.15, 0.2) is 18.3 Å². The highest BCUT2D eigenvalue weighted by molar-refractivity contribution is 5.47. The molecule has 5 heteroatoms. The molecular formula is C15H23N5. The smallest absolute Gasteiger partial charge is 0.245 e. The molecule has 2 atom stereocenters. The monoisotopic (exact) mass is 273 g/mol. The Balaban J connectivity index is 1.94. The molecule has 2 N–H and O–H groups in total. The first-order valence-corrected chi connectivity index (χ1v) is 7.52. The van der Waals surface area contributed by atoms with Crippen LogP contribution in [0.2, 0.25) is 0 Å². The van der Waals surface area contributed by atoms with Crippen LogP contribution in [-0.2, 0) is 0 Å². The van der Waals surface area contributed by atoms with Crippen LogP contribution >= 0.6 is 0 Å². The Labute approximate surface area is 119 Å². The molecule has 1 fully saturated rings. The Morgan fingerprint density at radius 2 is 2.30 bits per heavy atom. The van der Waals surface area contributed by atoms with Gasteiger partial charge < -0.3 is 10.6 Å². The molecular weight excluding hydrogens is 250 g/mol. The second kappa shape index (κ2) is 5.40. The van der Waals surface area contributed by atoms with Gasteiger partial charge in [-0.3, -0.25) is 0 Å². The van der Waals surface area contributed by atoms with Crippen molar-refractivity contribution in [1.82, 2.24) is 14.6 Å². The molecule has 0 saturated heterocycles. The fourth-order valence-corrected chi connectivity index (χ4v) is 3.32. The summed E-state index contributed by atoms with van der Waals surface area (Å²) in [6.07, 6.45) is 5.66. The Bertz CT molecular complexity index is 591. The Morgan fingerprint density at radius 1 is 1.45 bits per heavy atom. The maximum absolute atomic E-state index is 5.92. The summed E-state index contributed by atoms with van der Waals surface area (Å²) in [5.74, 6) is 1.41. The summed E-state index contributed by atoms with van der Waals surface area (Å²) < 4.78 is 1.86. The minimum Gasteiger partial charge on any atom is -0.336 e. The van der Waals surface area contributed by atoms with E-state index in [1.165, 1.54) is 24.8 Å². The molecule has 0 bridgehead atoms. The lowest BCUT2D eigenvalue weighted by molar-refractivity contribution is 0.456. The third-order valence-corrected chi connectivity index (χ3v) is 4.40. The average molecular weight is 273 g/mol. The van der Waals surface area contributed by atoms with Gasteiger partial charge in [-0.2, -0.15) is 4.98 Å². The third-order valence-electron chi connectivity index (χ3n) is 4.40. The number of anilines is 1. The first kappa shape index (κ1) is 13.4. The van der Waals surface area contributed by atoms with Crippen LogP contribution < -0.4 is 10.6 Å². The van der Waals surface area contributed by atoms with Crippen LogP contribution in [0.25, 0.3) is 5.65 Å². The van der Waals surface area contributed by atoms with Gasteiger partial charge in [0.15, 0.2) is 5.65 Å². The summed E-state index contributed by atoms with van der Waals surface area (Å²) in [7, 11) is 0. The summed E-state index contributed by atoms with van der Waals surface area (Å²) >= 11 is 0. The maximum atomic E-state index is 5.92. The van der Waals surface area contributed by atoms with E-state index < -0.39 is 0 Å². The van der Waals surface area contributed by atoms with Crippen molar-refractivity contribution in [2.45, 2.75) is 39.2 Å². The van der Waals surface area contributed by atoms with E-state index in [4.69, 9.17) is 10.7 Å². The number of hydrogen-bond acceptors (Lipinski definition) is 4. The van der Waals surface area contributed by atoms with Gasteiger partial charge in [-0.15, -0.1) is 5.10 Å². The number of hydrogen-bond donors (Lipinski definition) is 1. The standard InChI is InChI=1S/C15H23N5/c1-3-19(13-6-4-5-12(13)10-16)15-17-14-9-11(2)7-8-20(14)18-15/h7-9,12-13H,3-6,10,16H2,1-2H3. The molecule has 1 aliphatic carbocycles. The summed E-state index contributed by atoms with van der Waals surface area (Å²) in [6.45, 7) is 5.93. The molecule has 2 heterocycles. The summed E-state index contributed by atoms with van der Waals surface area (Å²) in [5, 5.41) is 4.63. The quantitative estimate of drug-likeness (QED) is 0.925. The lowest BCUT2D eigenvalue weighted by Gasteiger charge is -2.30. The SMILES string of the molecule is CCN(c1nc2cc(C)ccn2n1)C1CCCC1CN. The van der Waals surface area contributed by atoms with Crippen LogP contribution in [0.3, 0.4) is 0 Å². The number of fused-ring (bicyclic) bond motifs is 1. The molecule has 1 saturated carbocycles. The topological polar surface area (TPSA) is 59.5 Å². The number of nitrogens with zero attached hydrogens (tertiary/aromatic N) is 4. The van der Waals surface area contributed by atoms with E-state index in [1.807, 2.05) is 10.7 Å². The van der Waals surface area contributed by atoms with Gasteiger partial charge in [0.25, 0.3) is 0 Å². The van der Waals surface area contributed by atoms with Gasteiger partial charge in [0, 0.05) is 18.8 Å². The normalized spacial score (nSPS) is 22.6. The van der Waals surface area contributed by atoms with Gasteiger partial charge in [-0.05, 0) is 56.8 Å². The predicted octanol–water partition coefficient (Wildman–Crippen LogP) is 1.99. The third kappa shape index (κ3) is 2.26. The van der Waals surface area contributed by atoms with Crippen LogP contribution in [0, 0.1) is 12.8 Å². The highest BCUT2D eigenvalue weighted by atomic mass is 15.4. The molecule has 0 aliphatic heterocycles.